The van der Waals surface area contributed by atoms with Gasteiger partial charge >= 0.3 is 0 Å². The van der Waals surface area contributed by atoms with Crippen LogP contribution in [0, 0.1) is 6.92 Å². The molecular weight excluding hydrogens is 194 g/mol. The first kappa shape index (κ1) is 9.43. The second kappa shape index (κ2) is 4.39. The Bertz CT molecular complexity index is 378. The van der Waals surface area contributed by atoms with Crippen LogP contribution >= 0.6 is 11.3 Å². The number of rotatable bonds is 4. The van der Waals surface area contributed by atoms with Crippen LogP contribution in [0.15, 0.2) is 24.0 Å². The molecule has 0 amide bonds. The van der Waals surface area contributed by atoms with Gasteiger partial charge in [-0.1, -0.05) is 0 Å². The summed E-state index contributed by atoms with van der Waals surface area (Å²) in [5, 5.41) is 3.38. The summed E-state index contributed by atoms with van der Waals surface area (Å²) in [5.41, 5.74) is 4.31. The molecule has 2 rings (SSSR count). The highest BCUT2D eigenvalue weighted by Gasteiger charge is 2.00. The van der Waals surface area contributed by atoms with Crippen molar-refractivity contribution in [2.45, 2.75) is 20.0 Å². The zero-order valence-corrected chi connectivity index (χ0v) is 8.90. The van der Waals surface area contributed by atoms with E-state index in [4.69, 9.17) is 0 Å². The van der Waals surface area contributed by atoms with Crippen molar-refractivity contribution in [3.8, 4) is 0 Å². The Morgan fingerprint density at radius 2 is 2.43 bits per heavy atom. The molecule has 2 heterocycles. The van der Waals surface area contributed by atoms with Gasteiger partial charge in [-0.3, -0.25) is 0 Å². The third-order valence-electron chi connectivity index (χ3n) is 2.12. The fraction of sp³-hybridized carbons (Fsp3) is 0.300. The van der Waals surface area contributed by atoms with E-state index in [-0.39, 0.29) is 0 Å². The molecule has 4 heteroatoms. The minimum absolute atomic E-state index is 0.904. The first-order valence-corrected chi connectivity index (χ1v) is 5.45. The molecule has 0 bridgehead atoms. The van der Waals surface area contributed by atoms with Gasteiger partial charge in [0.2, 0.25) is 0 Å². The molecule has 0 radical (unpaired) electrons. The van der Waals surface area contributed by atoms with Crippen molar-refractivity contribution in [3.05, 3.63) is 40.1 Å². The van der Waals surface area contributed by atoms with Crippen LogP contribution in [0.3, 0.4) is 0 Å². The highest BCUT2D eigenvalue weighted by atomic mass is 32.1. The molecule has 2 aromatic heterocycles. The monoisotopic (exact) mass is 207 g/mol. The highest BCUT2D eigenvalue weighted by Crippen LogP contribution is 2.11. The van der Waals surface area contributed by atoms with Gasteiger partial charge in [-0.2, -0.15) is 0 Å². The fourth-order valence-corrected chi connectivity index (χ4v) is 2.03. The second-order valence-electron chi connectivity index (χ2n) is 3.18. The average molecular weight is 207 g/mol. The maximum absolute atomic E-state index is 4.20. The quantitative estimate of drug-likeness (QED) is 0.805. The predicted octanol–water partition coefficient (Wildman–Crippen LogP) is 2.07. The molecule has 2 N–H and O–H groups in total. The lowest BCUT2D eigenvalue weighted by Crippen LogP contribution is -2.11. The van der Waals surface area contributed by atoms with Gasteiger partial charge in [0.1, 0.15) is 0 Å². The Hall–Kier alpha value is -1.13. The third-order valence-corrected chi connectivity index (χ3v) is 3.06. The molecule has 14 heavy (non-hydrogen) atoms. The first-order chi connectivity index (χ1) is 6.86. The lowest BCUT2D eigenvalue weighted by molar-refractivity contribution is 0.697. The lowest BCUT2D eigenvalue weighted by Gasteiger charge is -2.01. The molecule has 0 saturated heterocycles. The molecule has 0 saturated carbocycles. The van der Waals surface area contributed by atoms with Gasteiger partial charge in [-0.05, 0) is 18.6 Å². The molecule has 2 aromatic rings. The van der Waals surface area contributed by atoms with E-state index in [1.165, 1.54) is 10.4 Å². The van der Waals surface area contributed by atoms with E-state index < -0.39 is 0 Å². The van der Waals surface area contributed by atoms with Crippen molar-refractivity contribution in [1.29, 1.82) is 0 Å². The fourth-order valence-electron chi connectivity index (χ4n) is 1.28. The Balaban J connectivity index is 1.81. The van der Waals surface area contributed by atoms with Crippen LogP contribution in [0.4, 0.5) is 0 Å². The van der Waals surface area contributed by atoms with Gasteiger partial charge in [0, 0.05) is 30.4 Å². The van der Waals surface area contributed by atoms with Crippen molar-refractivity contribution >= 4 is 11.3 Å². The van der Waals surface area contributed by atoms with Crippen molar-refractivity contribution < 1.29 is 0 Å². The molecule has 0 aliphatic heterocycles. The maximum atomic E-state index is 4.20. The summed E-state index contributed by atoms with van der Waals surface area (Å²) in [4.78, 5) is 8.56. The van der Waals surface area contributed by atoms with Gasteiger partial charge < -0.3 is 10.3 Å². The zero-order chi connectivity index (χ0) is 9.80. The number of hydrogen-bond donors (Lipinski definition) is 2. The van der Waals surface area contributed by atoms with E-state index in [0.29, 0.717) is 0 Å². The molecule has 0 unspecified atom stereocenters. The van der Waals surface area contributed by atoms with E-state index in [0.717, 1.165) is 18.8 Å². The molecule has 0 atom stereocenters. The normalized spacial score (nSPS) is 10.6. The molecule has 0 fully saturated rings. The van der Waals surface area contributed by atoms with Crippen molar-refractivity contribution in [2.24, 2.45) is 0 Å². The van der Waals surface area contributed by atoms with Crippen LogP contribution in [-0.4, -0.2) is 9.97 Å². The van der Waals surface area contributed by atoms with Crippen molar-refractivity contribution in [2.75, 3.05) is 0 Å². The predicted molar refractivity (Wildman–Crippen MR) is 58.2 cm³/mol. The van der Waals surface area contributed by atoms with Crippen molar-refractivity contribution in [3.63, 3.8) is 0 Å². The Morgan fingerprint density at radius 3 is 3.07 bits per heavy atom. The summed E-state index contributed by atoms with van der Waals surface area (Å²) in [5.74, 6) is 0. The summed E-state index contributed by atoms with van der Waals surface area (Å²) in [6.07, 6.45) is 3.95. The highest BCUT2D eigenvalue weighted by molar-refractivity contribution is 7.09. The number of nitrogens with one attached hydrogen (secondary N) is 2. The summed E-state index contributed by atoms with van der Waals surface area (Å²) < 4.78 is 0. The standard InChI is InChI=1S/C10H13N3S/c1-8-10(14-7-13-8)6-12-5-9-2-3-11-4-9/h2-4,7,11-12H,5-6H2,1H3. The van der Waals surface area contributed by atoms with E-state index in [1.54, 1.807) is 11.3 Å². The van der Waals surface area contributed by atoms with Gasteiger partial charge in [-0.25, -0.2) is 4.98 Å². The van der Waals surface area contributed by atoms with Crippen LogP contribution in [0.25, 0.3) is 0 Å². The zero-order valence-electron chi connectivity index (χ0n) is 8.08. The largest absolute Gasteiger partial charge is 0.367 e. The van der Waals surface area contributed by atoms with Crippen LogP contribution in [0.1, 0.15) is 16.1 Å². The number of aromatic nitrogens is 2. The Labute approximate surface area is 87.2 Å². The molecule has 0 aliphatic carbocycles. The van der Waals surface area contributed by atoms with Crippen LogP contribution in [-0.2, 0) is 13.1 Å². The van der Waals surface area contributed by atoms with E-state index in [1.807, 2.05) is 24.8 Å². The van der Waals surface area contributed by atoms with Gasteiger partial charge in [-0.15, -0.1) is 11.3 Å². The first-order valence-electron chi connectivity index (χ1n) is 4.57. The number of aryl methyl sites for hydroxylation is 1. The third kappa shape index (κ3) is 2.21. The lowest BCUT2D eigenvalue weighted by atomic mass is 10.3. The van der Waals surface area contributed by atoms with E-state index in [9.17, 15) is 0 Å². The minimum atomic E-state index is 0.904. The van der Waals surface area contributed by atoms with Crippen LogP contribution in [0.5, 0.6) is 0 Å². The van der Waals surface area contributed by atoms with Crippen molar-refractivity contribution in [1.82, 2.24) is 15.3 Å². The van der Waals surface area contributed by atoms with Crippen LogP contribution in [0.2, 0.25) is 0 Å². The van der Waals surface area contributed by atoms with Gasteiger partial charge in [0.25, 0.3) is 0 Å². The van der Waals surface area contributed by atoms with E-state index in [2.05, 4.69) is 21.4 Å². The molecule has 0 spiro atoms. The number of nitrogens with zero attached hydrogens (tertiary/aromatic N) is 1. The molecular formula is C10H13N3S. The van der Waals surface area contributed by atoms with Gasteiger partial charge in [0.05, 0.1) is 11.2 Å². The number of hydrogen-bond acceptors (Lipinski definition) is 3. The topological polar surface area (TPSA) is 40.7 Å². The smallest absolute Gasteiger partial charge is 0.0798 e. The number of thiazole rings is 1. The second-order valence-corrected chi connectivity index (χ2v) is 4.12. The molecule has 3 nitrogen and oxygen atoms in total. The SMILES string of the molecule is Cc1ncsc1CNCc1cc[nH]c1. The summed E-state index contributed by atoms with van der Waals surface area (Å²) in [6.45, 7) is 3.85. The Morgan fingerprint density at radius 1 is 1.50 bits per heavy atom. The summed E-state index contributed by atoms with van der Waals surface area (Å²) in [7, 11) is 0. The maximum Gasteiger partial charge on any atom is 0.0798 e. The summed E-state index contributed by atoms with van der Waals surface area (Å²) >= 11 is 1.71. The molecule has 0 aromatic carbocycles. The molecule has 0 aliphatic rings. The molecule has 74 valence electrons. The summed E-state index contributed by atoms with van der Waals surface area (Å²) in [6, 6.07) is 2.08. The van der Waals surface area contributed by atoms with Crippen LogP contribution < -0.4 is 5.32 Å². The average Bonchev–Trinajstić information content (AvgIpc) is 2.78. The minimum Gasteiger partial charge on any atom is -0.367 e. The van der Waals surface area contributed by atoms with Gasteiger partial charge in [0.15, 0.2) is 0 Å². The number of aromatic amines is 1. The van der Waals surface area contributed by atoms with E-state index >= 15 is 0 Å². The Kier molecular flexibility index (Phi) is 2.96. The number of H-pyrrole nitrogens is 1.